The Bertz CT molecular complexity index is 474. The summed E-state index contributed by atoms with van der Waals surface area (Å²) < 4.78 is 4.84. The van der Waals surface area contributed by atoms with E-state index in [9.17, 15) is 14.7 Å². The number of carbonyl (C=O) groups excluding carboxylic acids is 1. The van der Waals surface area contributed by atoms with Crippen molar-refractivity contribution >= 4 is 11.9 Å². The Morgan fingerprint density at radius 1 is 1.33 bits per heavy atom. The molecule has 0 spiro atoms. The Labute approximate surface area is 105 Å². The minimum absolute atomic E-state index is 0.0711. The van der Waals surface area contributed by atoms with Gasteiger partial charge in [-0.15, -0.1) is 0 Å². The summed E-state index contributed by atoms with van der Waals surface area (Å²) in [5.41, 5.74) is -1.45. The van der Waals surface area contributed by atoms with Gasteiger partial charge in [0.2, 0.25) is 5.76 Å². The highest BCUT2D eigenvalue weighted by Crippen LogP contribution is 2.30. The molecule has 0 aliphatic carbocycles. The lowest BCUT2D eigenvalue weighted by molar-refractivity contribution is -0.150. The number of carboxylic acid groups (broad SMARTS) is 1. The molecule has 0 aromatic carbocycles. The van der Waals surface area contributed by atoms with E-state index in [1.54, 1.807) is 34.6 Å². The Kier molecular flexibility index (Phi) is 3.50. The predicted molar refractivity (Wildman–Crippen MR) is 64.2 cm³/mol. The monoisotopic (exact) mass is 254 g/mol. The second kappa shape index (κ2) is 4.44. The smallest absolute Gasteiger partial charge is 0.311 e. The highest BCUT2D eigenvalue weighted by atomic mass is 16.5. The molecule has 6 nitrogen and oxygen atoms in total. The van der Waals surface area contributed by atoms with Crippen molar-refractivity contribution in [2.45, 2.75) is 40.2 Å². The number of aryl methyl sites for hydroxylation is 1. The molecule has 0 fully saturated rings. The maximum atomic E-state index is 11.9. The number of aromatic nitrogens is 1. The molecule has 0 radical (unpaired) electrons. The van der Waals surface area contributed by atoms with Crippen LogP contribution in [0.1, 0.15) is 43.9 Å². The van der Waals surface area contributed by atoms with E-state index in [1.807, 2.05) is 0 Å². The van der Waals surface area contributed by atoms with E-state index >= 15 is 0 Å². The van der Waals surface area contributed by atoms with E-state index in [-0.39, 0.29) is 5.76 Å². The maximum absolute atomic E-state index is 11.9. The summed E-state index contributed by atoms with van der Waals surface area (Å²) in [4.78, 5) is 23.1. The second-order valence-corrected chi connectivity index (χ2v) is 5.34. The third kappa shape index (κ3) is 2.52. The van der Waals surface area contributed by atoms with Gasteiger partial charge in [-0.05, 0) is 34.6 Å². The molecule has 0 aliphatic rings. The molecule has 2 N–H and O–H groups in total. The first-order chi connectivity index (χ1) is 8.08. The molecule has 0 atom stereocenters. The van der Waals surface area contributed by atoms with Crippen LogP contribution in [0.25, 0.3) is 0 Å². The molecular weight excluding hydrogens is 236 g/mol. The second-order valence-electron chi connectivity index (χ2n) is 5.34. The topological polar surface area (TPSA) is 92.4 Å². The minimum atomic E-state index is -1.11. The molecule has 1 aromatic heterocycles. The van der Waals surface area contributed by atoms with Crippen molar-refractivity contribution < 1.29 is 19.2 Å². The van der Waals surface area contributed by atoms with Crippen LogP contribution in [0.3, 0.4) is 0 Å². The summed E-state index contributed by atoms with van der Waals surface area (Å²) in [6.07, 6.45) is 0. The third-order valence-electron chi connectivity index (χ3n) is 3.37. The molecule has 1 aromatic rings. The van der Waals surface area contributed by atoms with Crippen LogP contribution in [0.4, 0.5) is 0 Å². The van der Waals surface area contributed by atoms with E-state index < -0.39 is 22.8 Å². The van der Waals surface area contributed by atoms with Gasteiger partial charge >= 0.3 is 5.97 Å². The lowest BCUT2D eigenvalue weighted by atomic mass is 9.74. The molecule has 1 rings (SSSR count). The van der Waals surface area contributed by atoms with Crippen LogP contribution in [-0.2, 0) is 4.79 Å². The zero-order valence-corrected chi connectivity index (χ0v) is 11.2. The first-order valence-electron chi connectivity index (χ1n) is 5.57. The number of carbonyl (C=O) groups is 2. The van der Waals surface area contributed by atoms with E-state index in [0.717, 1.165) is 0 Å². The molecule has 0 bridgehead atoms. The summed E-state index contributed by atoms with van der Waals surface area (Å²) in [5.74, 6) is -1.39. The Morgan fingerprint density at radius 3 is 2.28 bits per heavy atom. The molecule has 1 amide bonds. The Balaban J connectivity index is 2.90. The molecule has 6 heteroatoms. The fraction of sp³-hybridized carbons (Fsp3) is 0.583. The number of nitrogens with one attached hydrogen (secondary N) is 1. The van der Waals surface area contributed by atoms with E-state index in [0.29, 0.717) is 5.69 Å². The highest BCUT2D eigenvalue weighted by molar-refractivity contribution is 5.92. The third-order valence-corrected chi connectivity index (χ3v) is 3.37. The van der Waals surface area contributed by atoms with Crippen molar-refractivity contribution in [3.05, 3.63) is 17.5 Å². The largest absolute Gasteiger partial charge is 0.481 e. The number of aliphatic carboxylic acids is 1. The van der Waals surface area contributed by atoms with Crippen molar-refractivity contribution in [2.24, 2.45) is 5.41 Å². The van der Waals surface area contributed by atoms with E-state index in [2.05, 4.69) is 10.5 Å². The quantitative estimate of drug-likeness (QED) is 0.851. The van der Waals surface area contributed by atoms with Crippen LogP contribution in [-0.4, -0.2) is 27.7 Å². The number of nitrogens with zero attached hydrogens (tertiary/aromatic N) is 1. The minimum Gasteiger partial charge on any atom is -0.481 e. The van der Waals surface area contributed by atoms with Crippen LogP contribution < -0.4 is 5.32 Å². The summed E-state index contributed by atoms with van der Waals surface area (Å²) >= 11 is 0. The van der Waals surface area contributed by atoms with Crippen LogP contribution in [0.5, 0.6) is 0 Å². The fourth-order valence-corrected chi connectivity index (χ4v) is 1.24. The fourth-order valence-electron chi connectivity index (χ4n) is 1.24. The zero-order valence-electron chi connectivity index (χ0n) is 11.2. The van der Waals surface area contributed by atoms with Gasteiger partial charge < -0.3 is 14.9 Å². The first kappa shape index (κ1) is 14.2. The number of hydrogen-bond donors (Lipinski definition) is 2. The van der Waals surface area contributed by atoms with Gasteiger partial charge in [0.15, 0.2) is 0 Å². The van der Waals surface area contributed by atoms with E-state index in [1.165, 1.54) is 6.07 Å². The molecule has 0 saturated carbocycles. The SMILES string of the molecule is Cc1cc(C(=O)NC(C)(C)C(C)(C)C(=O)O)on1. The molecule has 18 heavy (non-hydrogen) atoms. The van der Waals surface area contributed by atoms with Gasteiger partial charge in [0.1, 0.15) is 0 Å². The lowest BCUT2D eigenvalue weighted by Crippen LogP contribution is -2.56. The van der Waals surface area contributed by atoms with Crippen LogP contribution in [0.15, 0.2) is 10.6 Å². The number of amides is 1. The van der Waals surface area contributed by atoms with Gasteiger partial charge in [-0.25, -0.2) is 0 Å². The van der Waals surface area contributed by atoms with Crippen molar-refractivity contribution in [3.63, 3.8) is 0 Å². The van der Waals surface area contributed by atoms with Crippen molar-refractivity contribution in [1.82, 2.24) is 10.5 Å². The highest BCUT2D eigenvalue weighted by Gasteiger charge is 2.44. The van der Waals surface area contributed by atoms with Gasteiger partial charge in [0.05, 0.1) is 16.6 Å². The Morgan fingerprint density at radius 2 is 1.89 bits per heavy atom. The predicted octanol–water partition coefficient (Wildman–Crippen LogP) is 1.60. The molecule has 100 valence electrons. The number of carboxylic acids is 1. The molecule has 1 heterocycles. The summed E-state index contributed by atoms with van der Waals surface area (Å²) in [6.45, 7) is 8.12. The van der Waals surface area contributed by atoms with Crippen LogP contribution >= 0.6 is 0 Å². The summed E-state index contributed by atoms with van der Waals surface area (Å²) in [5, 5.41) is 15.4. The molecular formula is C12H18N2O4. The van der Waals surface area contributed by atoms with Crippen molar-refractivity contribution in [1.29, 1.82) is 0 Å². The van der Waals surface area contributed by atoms with Gasteiger partial charge in [-0.2, -0.15) is 0 Å². The normalized spacial score (nSPS) is 12.3. The Hall–Kier alpha value is -1.85. The molecule has 0 saturated heterocycles. The summed E-state index contributed by atoms with van der Waals surface area (Å²) in [6, 6.07) is 1.50. The summed E-state index contributed by atoms with van der Waals surface area (Å²) in [7, 11) is 0. The molecule has 0 aliphatic heterocycles. The average molecular weight is 254 g/mol. The maximum Gasteiger partial charge on any atom is 0.311 e. The lowest BCUT2D eigenvalue weighted by Gasteiger charge is -2.38. The van der Waals surface area contributed by atoms with Crippen LogP contribution in [0.2, 0.25) is 0 Å². The van der Waals surface area contributed by atoms with Gasteiger partial charge in [-0.1, -0.05) is 5.16 Å². The van der Waals surface area contributed by atoms with Crippen LogP contribution in [0, 0.1) is 12.3 Å². The van der Waals surface area contributed by atoms with Gasteiger partial charge in [-0.3, -0.25) is 9.59 Å². The molecule has 0 unspecified atom stereocenters. The first-order valence-corrected chi connectivity index (χ1v) is 5.57. The standard InChI is InChI=1S/C12H18N2O4/c1-7-6-8(18-14-7)9(15)13-12(4,5)11(2,3)10(16)17/h6H,1-5H3,(H,13,15)(H,16,17). The van der Waals surface area contributed by atoms with E-state index in [4.69, 9.17) is 4.52 Å². The van der Waals surface area contributed by atoms with Crippen molar-refractivity contribution in [2.75, 3.05) is 0 Å². The van der Waals surface area contributed by atoms with Crippen molar-refractivity contribution in [3.8, 4) is 0 Å². The average Bonchev–Trinajstić information content (AvgIpc) is 2.63. The van der Waals surface area contributed by atoms with Gasteiger partial charge in [0, 0.05) is 6.07 Å². The number of hydrogen-bond acceptors (Lipinski definition) is 4. The number of rotatable bonds is 4. The van der Waals surface area contributed by atoms with Gasteiger partial charge in [0.25, 0.3) is 5.91 Å². The zero-order chi connectivity index (χ0) is 14.1.